The normalized spacial score (nSPS) is 21.6. The summed E-state index contributed by atoms with van der Waals surface area (Å²) in [5.74, 6) is -0.810. The van der Waals surface area contributed by atoms with E-state index < -0.39 is 24.1 Å². The van der Waals surface area contributed by atoms with Crippen LogP contribution < -0.4 is 5.43 Å². The van der Waals surface area contributed by atoms with Gasteiger partial charge in [0.2, 0.25) is 0 Å². The highest BCUT2D eigenvalue weighted by molar-refractivity contribution is 6.04. The van der Waals surface area contributed by atoms with Gasteiger partial charge in [-0.2, -0.15) is 0 Å². The highest BCUT2D eigenvalue weighted by atomic mass is 16.4. The first kappa shape index (κ1) is 23.3. The smallest absolute Gasteiger partial charge is 0.342 e. The van der Waals surface area contributed by atoms with Gasteiger partial charge in [0.25, 0.3) is 5.91 Å². The van der Waals surface area contributed by atoms with Crippen LogP contribution in [0.15, 0.2) is 12.7 Å². The molecule has 2 atom stereocenters. The molecule has 3 amide bonds. The molecule has 1 saturated carbocycles. The van der Waals surface area contributed by atoms with Gasteiger partial charge in [0.05, 0.1) is 6.10 Å². The molecule has 29 heavy (non-hydrogen) atoms. The Bertz CT molecular complexity index is 577. The van der Waals surface area contributed by atoms with Gasteiger partial charge in [0, 0.05) is 19.5 Å². The lowest BCUT2D eigenvalue weighted by atomic mass is 9.85. The van der Waals surface area contributed by atoms with E-state index in [2.05, 4.69) is 12.0 Å². The topological polar surface area (TPSA) is 110 Å². The first-order valence-corrected chi connectivity index (χ1v) is 10.8. The van der Waals surface area contributed by atoms with Crippen LogP contribution in [0.5, 0.6) is 0 Å². The van der Waals surface area contributed by atoms with Gasteiger partial charge in [-0.15, -0.1) is 6.58 Å². The molecule has 2 aliphatic rings. The molecule has 1 saturated heterocycles. The Balaban J connectivity index is 1.88. The Morgan fingerprint density at radius 1 is 1.17 bits per heavy atom. The summed E-state index contributed by atoms with van der Waals surface area (Å²) in [5, 5.41) is 20.6. The number of unbranched alkanes of at least 4 members (excludes halogenated alkanes) is 3. The lowest BCUT2D eigenvalue weighted by Gasteiger charge is -2.29. The van der Waals surface area contributed by atoms with Crippen molar-refractivity contribution in [2.75, 3.05) is 13.1 Å². The minimum atomic E-state index is -0.798. The van der Waals surface area contributed by atoms with Crippen molar-refractivity contribution in [1.29, 1.82) is 0 Å². The highest BCUT2D eigenvalue weighted by Gasteiger charge is 2.44. The van der Waals surface area contributed by atoms with Crippen molar-refractivity contribution in [2.24, 2.45) is 5.92 Å². The average molecular weight is 410 g/mol. The molecule has 1 aliphatic carbocycles. The average Bonchev–Trinajstić information content (AvgIpc) is 2.93. The number of hydrogen-bond donors (Lipinski definition) is 3. The Kier molecular flexibility index (Phi) is 9.60. The number of aliphatic hydroxyl groups is 1. The second kappa shape index (κ2) is 11.9. The van der Waals surface area contributed by atoms with Gasteiger partial charge in [-0.25, -0.2) is 15.2 Å². The summed E-state index contributed by atoms with van der Waals surface area (Å²) in [4.78, 5) is 37.1. The molecule has 164 valence electrons. The number of carboxylic acid groups (broad SMARTS) is 1. The molecule has 0 aromatic heterocycles. The molecule has 2 rings (SSSR count). The predicted molar refractivity (Wildman–Crippen MR) is 109 cm³/mol. The quantitative estimate of drug-likeness (QED) is 0.245. The summed E-state index contributed by atoms with van der Waals surface area (Å²) >= 11 is 0. The summed E-state index contributed by atoms with van der Waals surface area (Å²) in [7, 11) is 0. The van der Waals surface area contributed by atoms with Crippen LogP contribution in [0.1, 0.15) is 70.6 Å². The third-order valence-corrected chi connectivity index (χ3v) is 5.89. The summed E-state index contributed by atoms with van der Waals surface area (Å²) < 4.78 is 0. The van der Waals surface area contributed by atoms with Gasteiger partial charge in [0.15, 0.2) is 0 Å². The number of nitrogens with zero attached hydrogens (tertiary/aromatic N) is 2. The SMILES string of the molecule is C=CCN1C(=O)C(CCCCCCC(=O)O)N(NCC(O)C2CCCCC2)C1=O. The van der Waals surface area contributed by atoms with Gasteiger partial charge in [-0.1, -0.05) is 44.6 Å². The lowest BCUT2D eigenvalue weighted by Crippen LogP contribution is -2.49. The molecule has 0 radical (unpaired) electrons. The number of carboxylic acids is 1. The number of rotatable bonds is 13. The van der Waals surface area contributed by atoms with Crippen molar-refractivity contribution >= 4 is 17.9 Å². The lowest BCUT2D eigenvalue weighted by molar-refractivity contribution is -0.137. The maximum atomic E-state index is 12.7. The second-order valence-electron chi connectivity index (χ2n) is 8.08. The first-order valence-electron chi connectivity index (χ1n) is 10.8. The van der Waals surface area contributed by atoms with Gasteiger partial charge < -0.3 is 10.2 Å². The monoisotopic (exact) mass is 409 g/mol. The zero-order valence-electron chi connectivity index (χ0n) is 17.2. The van der Waals surface area contributed by atoms with Crippen LogP contribution in [0.4, 0.5) is 4.79 Å². The van der Waals surface area contributed by atoms with Crippen molar-refractivity contribution in [3.05, 3.63) is 12.7 Å². The summed E-state index contributed by atoms with van der Waals surface area (Å²) in [6.07, 6.45) is 10.1. The predicted octanol–water partition coefficient (Wildman–Crippen LogP) is 2.68. The number of hydrazine groups is 1. The Morgan fingerprint density at radius 2 is 1.86 bits per heavy atom. The van der Waals surface area contributed by atoms with E-state index in [1.807, 2.05) is 0 Å². The molecule has 0 bridgehead atoms. The summed E-state index contributed by atoms with van der Waals surface area (Å²) in [6, 6.07) is -0.998. The van der Waals surface area contributed by atoms with E-state index in [-0.39, 0.29) is 31.3 Å². The van der Waals surface area contributed by atoms with Crippen LogP contribution in [0.2, 0.25) is 0 Å². The van der Waals surface area contributed by atoms with Gasteiger partial charge in [-0.05, 0) is 31.6 Å². The number of amides is 3. The van der Waals surface area contributed by atoms with Gasteiger partial charge in [-0.3, -0.25) is 14.5 Å². The van der Waals surface area contributed by atoms with Crippen molar-refractivity contribution in [3.8, 4) is 0 Å². The van der Waals surface area contributed by atoms with E-state index in [0.29, 0.717) is 12.8 Å². The molecule has 2 unspecified atom stereocenters. The minimum Gasteiger partial charge on any atom is -0.481 e. The molecule has 0 spiro atoms. The summed E-state index contributed by atoms with van der Waals surface area (Å²) in [6.45, 7) is 4.03. The van der Waals surface area contributed by atoms with Crippen LogP contribution in [0, 0.1) is 5.92 Å². The molecule has 1 heterocycles. The van der Waals surface area contributed by atoms with Crippen LogP contribution in [-0.2, 0) is 9.59 Å². The number of imide groups is 1. The third-order valence-electron chi connectivity index (χ3n) is 5.89. The van der Waals surface area contributed by atoms with Crippen molar-refractivity contribution < 1.29 is 24.6 Å². The number of nitrogens with one attached hydrogen (secondary N) is 1. The fraction of sp³-hybridized carbons (Fsp3) is 0.762. The number of aliphatic carboxylic acids is 1. The van der Waals surface area contributed by atoms with Crippen LogP contribution in [0.25, 0.3) is 0 Å². The molecule has 2 fully saturated rings. The molecular weight excluding hydrogens is 374 g/mol. The largest absolute Gasteiger partial charge is 0.481 e. The number of hydrogen-bond acceptors (Lipinski definition) is 5. The van der Waals surface area contributed by atoms with E-state index >= 15 is 0 Å². The first-order chi connectivity index (χ1) is 14.0. The van der Waals surface area contributed by atoms with Crippen LogP contribution in [0.3, 0.4) is 0 Å². The molecule has 8 nitrogen and oxygen atoms in total. The molecular formula is C21H35N3O5. The number of carbonyl (C=O) groups excluding carboxylic acids is 2. The fourth-order valence-electron chi connectivity index (χ4n) is 4.22. The van der Waals surface area contributed by atoms with Crippen LogP contribution >= 0.6 is 0 Å². The van der Waals surface area contributed by atoms with E-state index in [9.17, 15) is 19.5 Å². The molecule has 8 heteroatoms. The maximum absolute atomic E-state index is 12.7. The molecule has 0 aromatic carbocycles. The van der Waals surface area contributed by atoms with E-state index in [1.54, 1.807) is 0 Å². The molecule has 3 N–H and O–H groups in total. The Morgan fingerprint density at radius 3 is 2.52 bits per heavy atom. The van der Waals surface area contributed by atoms with Crippen molar-refractivity contribution in [1.82, 2.24) is 15.3 Å². The number of urea groups is 1. The summed E-state index contributed by atoms with van der Waals surface area (Å²) in [5.41, 5.74) is 3.02. The maximum Gasteiger partial charge on any atom is 0.342 e. The molecule has 0 aromatic rings. The molecule has 1 aliphatic heterocycles. The Labute approximate surface area is 172 Å². The Hall–Kier alpha value is -1.93. The number of carbonyl (C=O) groups is 3. The minimum absolute atomic E-state index is 0.153. The number of aliphatic hydroxyl groups excluding tert-OH is 1. The standard InChI is InChI=1S/C21H35N3O5/c1-2-14-23-20(28)17(12-8-3-4-9-13-19(26)27)24(21(23)29)22-15-18(25)16-10-6-5-7-11-16/h2,16-18,22,25H,1,3-15H2,(H,26,27). The zero-order valence-corrected chi connectivity index (χ0v) is 17.2. The second-order valence-corrected chi connectivity index (χ2v) is 8.08. The zero-order chi connectivity index (χ0) is 21.2. The fourth-order valence-corrected chi connectivity index (χ4v) is 4.22. The van der Waals surface area contributed by atoms with E-state index in [4.69, 9.17) is 5.11 Å². The van der Waals surface area contributed by atoms with Gasteiger partial charge in [0.1, 0.15) is 6.04 Å². The van der Waals surface area contributed by atoms with E-state index in [1.165, 1.54) is 22.4 Å². The third kappa shape index (κ3) is 6.82. The highest BCUT2D eigenvalue weighted by Crippen LogP contribution is 2.27. The van der Waals surface area contributed by atoms with Gasteiger partial charge >= 0.3 is 12.0 Å². The van der Waals surface area contributed by atoms with Crippen LogP contribution in [-0.4, -0.2) is 63.3 Å². The van der Waals surface area contributed by atoms with Crippen molar-refractivity contribution in [2.45, 2.75) is 82.8 Å². The van der Waals surface area contributed by atoms with E-state index in [0.717, 1.165) is 44.9 Å². The van der Waals surface area contributed by atoms with Crippen molar-refractivity contribution in [3.63, 3.8) is 0 Å².